The molecule has 4 amide bonds. The average Bonchev–Trinajstić information content (AvgIpc) is 3.35. The summed E-state index contributed by atoms with van der Waals surface area (Å²) in [5.74, 6) is -2.87. The number of carbonyl (C=O) groups is 4. The number of hydrogen-bond acceptors (Lipinski definition) is 4. The Morgan fingerprint density at radius 2 is 0.955 bits per heavy atom. The van der Waals surface area contributed by atoms with Crippen LogP contribution in [0.4, 0.5) is 32.0 Å². The van der Waals surface area contributed by atoms with E-state index in [0.717, 1.165) is 27.4 Å². The van der Waals surface area contributed by atoms with Gasteiger partial charge in [-0.2, -0.15) is 26.3 Å². The maximum atomic E-state index is 14.3. The molecule has 6 rings (SSSR count). The second-order valence-corrected chi connectivity index (χ2v) is 11.1. The molecule has 0 saturated carbocycles. The number of nitrogens with zero attached hydrogens (tertiary/aromatic N) is 2. The fraction of sp³-hybridized carbons (Fsp3) is 0.0968. The number of alkyl halides is 6. The van der Waals surface area contributed by atoms with Gasteiger partial charge in [0.05, 0.1) is 61.9 Å². The summed E-state index contributed by atoms with van der Waals surface area (Å²) in [7, 11) is 0. The molecule has 2 aliphatic heterocycles. The summed E-state index contributed by atoms with van der Waals surface area (Å²) in [5.41, 5.74) is -3.49. The molecule has 0 saturated heterocycles. The highest BCUT2D eigenvalue weighted by Gasteiger charge is 2.42. The normalized spacial score (nSPS) is 14.9. The van der Waals surface area contributed by atoms with Crippen LogP contribution in [-0.2, 0) is 12.4 Å². The summed E-state index contributed by atoms with van der Waals surface area (Å²) in [5, 5.41) is 0. The van der Waals surface area contributed by atoms with Gasteiger partial charge in [-0.15, -0.1) is 0 Å². The van der Waals surface area contributed by atoms with Gasteiger partial charge in [0.15, 0.2) is 0 Å². The number of imide groups is 2. The Hall–Kier alpha value is -4.53. The zero-order chi connectivity index (χ0) is 31.9. The number of halogens is 7. The predicted octanol–water partition coefficient (Wildman–Crippen LogP) is 8.11. The number of aryl methyl sites for hydroxylation is 1. The molecular formula is C31H15F6IN2O4. The Morgan fingerprint density at radius 3 is 1.52 bits per heavy atom. The standard InChI is InChI=1S/C31H15F6IN2O4/c1-14-2-6-18(24(10-14)30(32,33)34)19-9-5-17(13-25(19)31(35,36)37)39-26(41)20-7-3-15(11-22(20)27(39)42)16-4-8-21-23(12-16)29(44)40(38)28(21)43/h2-13H,1H3. The highest BCUT2D eigenvalue weighted by atomic mass is 127. The minimum atomic E-state index is -5.13. The van der Waals surface area contributed by atoms with Crippen molar-refractivity contribution in [2.75, 3.05) is 4.90 Å². The lowest BCUT2D eigenvalue weighted by Gasteiger charge is -2.21. The molecule has 222 valence electrons. The van der Waals surface area contributed by atoms with Gasteiger partial charge in [-0.25, -0.2) is 8.01 Å². The van der Waals surface area contributed by atoms with Crippen LogP contribution < -0.4 is 4.90 Å². The van der Waals surface area contributed by atoms with Crippen LogP contribution in [0.25, 0.3) is 22.3 Å². The monoisotopic (exact) mass is 720 g/mol. The van der Waals surface area contributed by atoms with Gasteiger partial charge >= 0.3 is 12.4 Å². The smallest absolute Gasteiger partial charge is 0.268 e. The molecule has 0 aromatic heterocycles. The van der Waals surface area contributed by atoms with Gasteiger partial charge in [-0.1, -0.05) is 35.9 Å². The summed E-state index contributed by atoms with van der Waals surface area (Å²) < 4.78 is 85.1. The molecule has 2 heterocycles. The second-order valence-electron chi connectivity index (χ2n) is 10.1. The first-order valence-electron chi connectivity index (χ1n) is 12.7. The highest BCUT2D eigenvalue weighted by Crippen LogP contribution is 2.45. The number of benzene rings is 4. The Kier molecular flexibility index (Phi) is 6.72. The number of rotatable bonds is 3. The maximum absolute atomic E-state index is 14.3. The number of fused-ring (bicyclic) bond motifs is 2. The fourth-order valence-corrected chi connectivity index (χ4v) is 5.83. The minimum Gasteiger partial charge on any atom is -0.268 e. The topological polar surface area (TPSA) is 74.8 Å². The maximum Gasteiger partial charge on any atom is 0.417 e. The Balaban J connectivity index is 1.41. The van der Waals surface area contributed by atoms with Crippen molar-refractivity contribution in [2.45, 2.75) is 19.3 Å². The van der Waals surface area contributed by atoms with E-state index in [9.17, 15) is 45.5 Å². The van der Waals surface area contributed by atoms with Gasteiger partial charge in [0, 0.05) is 0 Å². The molecule has 6 nitrogen and oxygen atoms in total. The zero-order valence-corrected chi connectivity index (χ0v) is 24.3. The van der Waals surface area contributed by atoms with Gasteiger partial charge in [0.25, 0.3) is 23.6 Å². The zero-order valence-electron chi connectivity index (χ0n) is 22.1. The van der Waals surface area contributed by atoms with Crippen LogP contribution in [0, 0.1) is 6.92 Å². The van der Waals surface area contributed by atoms with Gasteiger partial charge in [-0.05, 0) is 71.6 Å². The van der Waals surface area contributed by atoms with Crippen LogP contribution in [0.2, 0.25) is 0 Å². The van der Waals surface area contributed by atoms with Crippen molar-refractivity contribution in [3.8, 4) is 22.3 Å². The van der Waals surface area contributed by atoms with Crippen molar-refractivity contribution >= 4 is 52.2 Å². The van der Waals surface area contributed by atoms with E-state index >= 15 is 0 Å². The first kappa shape index (κ1) is 29.5. The Morgan fingerprint density at radius 1 is 0.523 bits per heavy atom. The third-order valence-electron chi connectivity index (χ3n) is 7.39. The van der Waals surface area contributed by atoms with Crippen LogP contribution in [-0.4, -0.2) is 26.7 Å². The molecule has 0 atom stereocenters. The number of carbonyl (C=O) groups excluding carboxylic acids is 4. The largest absolute Gasteiger partial charge is 0.417 e. The fourth-order valence-electron chi connectivity index (χ4n) is 5.31. The molecule has 0 unspecified atom stereocenters. The summed E-state index contributed by atoms with van der Waals surface area (Å²) >= 11 is 1.59. The summed E-state index contributed by atoms with van der Waals surface area (Å²) in [4.78, 5) is 51.8. The number of amides is 4. The molecule has 2 aliphatic rings. The van der Waals surface area contributed by atoms with Crippen molar-refractivity contribution in [3.05, 3.63) is 112 Å². The van der Waals surface area contributed by atoms with Crippen LogP contribution in [0.15, 0.2) is 72.8 Å². The first-order chi connectivity index (χ1) is 20.6. The molecule has 0 spiro atoms. The average molecular weight is 720 g/mol. The van der Waals surface area contributed by atoms with Crippen LogP contribution in [0.3, 0.4) is 0 Å². The minimum absolute atomic E-state index is 0.0971. The third-order valence-corrected chi connectivity index (χ3v) is 8.27. The summed E-state index contributed by atoms with van der Waals surface area (Å²) in [6.45, 7) is 1.38. The summed E-state index contributed by atoms with van der Waals surface area (Å²) in [6.07, 6.45) is -10.1. The van der Waals surface area contributed by atoms with E-state index in [1.807, 2.05) is 0 Å². The highest BCUT2D eigenvalue weighted by molar-refractivity contribution is 14.1. The van der Waals surface area contributed by atoms with Crippen LogP contribution in [0.1, 0.15) is 58.1 Å². The van der Waals surface area contributed by atoms with Crippen molar-refractivity contribution in [1.29, 1.82) is 0 Å². The third kappa shape index (κ3) is 4.66. The molecule has 4 aromatic carbocycles. The van der Waals surface area contributed by atoms with E-state index in [1.165, 1.54) is 43.3 Å². The number of anilines is 1. The van der Waals surface area contributed by atoms with Crippen molar-refractivity contribution in [1.82, 2.24) is 3.11 Å². The van der Waals surface area contributed by atoms with Crippen molar-refractivity contribution < 1.29 is 45.5 Å². The molecule has 4 aromatic rings. The molecule has 44 heavy (non-hydrogen) atoms. The second kappa shape index (κ2) is 10.0. The molecule has 13 heteroatoms. The quantitative estimate of drug-likeness (QED) is 0.0929. The predicted molar refractivity (Wildman–Crippen MR) is 154 cm³/mol. The van der Waals surface area contributed by atoms with E-state index in [0.29, 0.717) is 22.1 Å². The Bertz CT molecular complexity index is 1970. The van der Waals surface area contributed by atoms with Crippen molar-refractivity contribution in [3.63, 3.8) is 0 Å². The van der Waals surface area contributed by atoms with Gasteiger partial charge < -0.3 is 0 Å². The lowest BCUT2D eigenvalue weighted by Crippen LogP contribution is -2.29. The molecule has 0 aliphatic carbocycles. The summed E-state index contributed by atoms with van der Waals surface area (Å²) in [6, 6.07) is 13.9. The van der Waals surface area contributed by atoms with Crippen LogP contribution in [0.5, 0.6) is 0 Å². The Labute approximate surface area is 258 Å². The molecular weight excluding hydrogens is 705 g/mol. The van der Waals surface area contributed by atoms with E-state index in [-0.39, 0.29) is 27.8 Å². The van der Waals surface area contributed by atoms with E-state index in [1.54, 1.807) is 28.9 Å². The lowest BCUT2D eigenvalue weighted by atomic mass is 9.93. The number of hydrogen-bond donors (Lipinski definition) is 0. The molecule has 0 bridgehead atoms. The molecule has 0 radical (unpaired) electrons. The van der Waals surface area contributed by atoms with E-state index < -0.39 is 63.9 Å². The van der Waals surface area contributed by atoms with Gasteiger partial charge in [-0.3, -0.25) is 19.2 Å². The molecule has 0 fully saturated rings. The SMILES string of the molecule is Cc1ccc(-c2ccc(N3C(=O)c4ccc(-c5ccc6c(c5)C(=O)N(I)C6=O)cc4C3=O)cc2C(F)(F)F)c(C(F)(F)F)c1. The molecule has 0 N–H and O–H groups in total. The lowest BCUT2D eigenvalue weighted by molar-refractivity contribution is -0.139. The van der Waals surface area contributed by atoms with Crippen molar-refractivity contribution in [2.24, 2.45) is 0 Å². The first-order valence-corrected chi connectivity index (χ1v) is 13.7. The van der Waals surface area contributed by atoms with Crippen LogP contribution >= 0.6 is 22.9 Å². The van der Waals surface area contributed by atoms with Gasteiger partial charge in [0.1, 0.15) is 0 Å². The van der Waals surface area contributed by atoms with E-state index in [4.69, 9.17) is 0 Å². The van der Waals surface area contributed by atoms with Gasteiger partial charge in [0.2, 0.25) is 0 Å². The van der Waals surface area contributed by atoms with E-state index in [2.05, 4.69) is 0 Å².